The lowest BCUT2D eigenvalue weighted by molar-refractivity contribution is -0.121. The van der Waals surface area contributed by atoms with Gasteiger partial charge in [0.1, 0.15) is 11.1 Å². The zero-order chi connectivity index (χ0) is 14.7. The minimum absolute atomic E-state index is 0.0421. The summed E-state index contributed by atoms with van der Waals surface area (Å²) in [6, 6.07) is -0.235. The molecule has 1 amide bonds. The van der Waals surface area contributed by atoms with Gasteiger partial charge in [0, 0.05) is 6.04 Å². The van der Waals surface area contributed by atoms with Crippen molar-refractivity contribution in [3.05, 3.63) is 21.6 Å². The zero-order valence-electron chi connectivity index (χ0n) is 11.1. The van der Waals surface area contributed by atoms with E-state index in [0.717, 1.165) is 17.5 Å². The van der Waals surface area contributed by atoms with Gasteiger partial charge in [-0.3, -0.25) is 9.59 Å². The van der Waals surface area contributed by atoms with Crippen LogP contribution < -0.4 is 16.2 Å². The van der Waals surface area contributed by atoms with Crippen LogP contribution in [0.3, 0.4) is 0 Å². The Hall–Kier alpha value is -1.60. The highest BCUT2D eigenvalue weighted by Gasteiger charge is 2.26. The molecule has 2 rings (SSSR count). The van der Waals surface area contributed by atoms with Crippen LogP contribution in [-0.4, -0.2) is 39.5 Å². The normalized spacial score (nSPS) is 15.8. The van der Waals surface area contributed by atoms with Gasteiger partial charge in [-0.15, -0.1) is 0 Å². The van der Waals surface area contributed by atoms with Crippen molar-refractivity contribution >= 4 is 23.2 Å². The fourth-order valence-electron chi connectivity index (χ4n) is 1.67. The third kappa shape index (κ3) is 3.49. The van der Waals surface area contributed by atoms with E-state index in [2.05, 4.69) is 15.7 Å². The van der Waals surface area contributed by atoms with Gasteiger partial charge in [-0.2, -0.15) is 5.10 Å². The van der Waals surface area contributed by atoms with Gasteiger partial charge in [0.2, 0.25) is 5.91 Å². The number of aliphatic hydroxyl groups is 1. The van der Waals surface area contributed by atoms with Gasteiger partial charge in [0.15, 0.2) is 0 Å². The molecule has 1 heterocycles. The maximum Gasteiger partial charge on any atom is 0.287 e. The highest BCUT2D eigenvalue weighted by atomic mass is 35.5. The van der Waals surface area contributed by atoms with Crippen molar-refractivity contribution in [2.75, 3.05) is 11.9 Å². The zero-order valence-corrected chi connectivity index (χ0v) is 11.9. The van der Waals surface area contributed by atoms with E-state index < -0.39 is 11.6 Å². The second-order valence-corrected chi connectivity index (χ2v) is 5.15. The first kappa shape index (κ1) is 14.8. The van der Waals surface area contributed by atoms with Crippen LogP contribution in [0.5, 0.6) is 0 Å². The highest BCUT2D eigenvalue weighted by Crippen LogP contribution is 2.20. The second kappa shape index (κ2) is 6.23. The van der Waals surface area contributed by atoms with Crippen LogP contribution in [0.15, 0.2) is 11.0 Å². The maximum atomic E-state index is 11.8. The molecule has 0 saturated heterocycles. The molecule has 0 aromatic carbocycles. The molecule has 0 spiro atoms. The third-order valence-corrected chi connectivity index (χ3v) is 3.35. The van der Waals surface area contributed by atoms with Gasteiger partial charge in [0.05, 0.1) is 25.0 Å². The summed E-state index contributed by atoms with van der Waals surface area (Å²) >= 11 is 5.95. The van der Waals surface area contributed by atoms with Crippen LogP contribution >= 0.6 is 11.6 Å². The number of carbonyl (C=O) groups is 1. The smallest absolute Gasteiger partial charge is 0.287 e. The molecule has 1 aromatic heterocycles. The Bertz CT molecular complexity index is 556. The third-order valence-electron chi connectivity index (χ3n) is 2.99. The molecule has 1 aromatic rings. The second-order valence-electron chi connectivity index (χ2n) is 4.77. The summed E-state index contributed by atoms with van der Waals surface area (Å²) in [5, 5.41) is 18.4. The van der Waals surface area contributed by atoms with E-state index in [1.165, 1.54) is 6.20 Å². The number of nitrogens with one attached hydrogen (secondary N) is 2. The Morgan fingerprint density at radius 2 is 2.35 bits per heavy atom. The van der Waals surface area contributed by atoms with Gasteiger partial charge in [-0.05, 0) is 19.8 Å². The van der Waals surface area contributed by atoms with Crippen LogP contribution in [0.25, 0.3) is 0 Å². The molecule has 0 radical (unpaired) electrons. The summed E-state index contributed by atoms with van der Waals surface area (Å²) in [5.74, 6) is -0.136. The number of nitrogens with zero attached hydrogens (tertiary/aromatic N) is 2. The topological polar surface area (TPSA) is 96.2 Å². The molecule has 1 saturated carbocycles. The first-order chi connectivity index (χ1) is 9.52. The minimum atomic E-state index is -0.511. The number of rotatable bonds is 6. The molecule has 1 fully saturated rings. The fraction of sp³-hybridized carbons (Fsp3) is 0.583. The number of halogens is 1. The highest BCUT2D eigenvalue weighted by molar-refractivity contribution is 6.33. The number of hydrogen-bond donors (Lipinski definition) is 3. The fourth-order valence-corrected chi connectivity index (χ4v) is 1.87. The monoisotopic (exact) mass is 300 g/mol. The Morgan fingerprint density at radius 3 is 2.95 bits per heavy atom. The van der Waals surface area contributed by atoms with E-state index >= 15 is 0 Å². The molecular weight excluding hydrogens is 284 g/mol. The molecule has 8 heteroatoms. The summed E-state index contributed by atoms with van der Waals surface area (Å²) in [5.41, 5.74) is -0.190. The molecule has 20 heavy (non-hydrogen) atoms. The molecule has 1 atom stereocenters. The molecule has 1 unspecified atom stereocenters. The van der Waals surface area contributed by atoms with Gasteiger partial charge >= 0.3 is 0 Å². The van der Waals surface area contributed by atoms with E-state index in [1.807, 2.05) is 0 Å². The average molecular weight is 301 g/mol. The van der Waals surface area contributed by atoms with E-state index in [-0.39, 0.29) is 30.1 Å². The van der Waals surface area contributed by atoms with E-state index in [1.54, 1.807) is 6.92 Å². The van der Waals surface area contributed by atoms with Gasteiger partial charge in [-0.25, -0.2) is 4.68 Å². The van der Waals surface area contributed by atoms with Crippen LogP contribution in [-0.2, 0) is 11.3 Å². The van der Waals surface area contributed by atoms with Crippen molar-refractivity contribution in [3.8, 4) is 0 Å². The van der Waals surface area contributed by atoms with E-state index in [4.69, 9.17) is 16.7 Å². The minimum Gasteiger partial charge on any atom is -0.394 e. The standard InChI is InChI=1S/C12H17ClN4O3/c1-7(11(19)16-8-2-3-8)15-9-6-14-17(4-5-18)12(20)10(9)13/h6-8,15,18H,2-5H2,1H3,(H,16,19). The number of anilines is 1. The summed E-state index contributed by atoms with van der Waals surface area (Å²) in [4.78, 5) is 23.6. The lowest BCUT2D eigenvalue weighted by Crippen LogP contribution is -2.39. The molecular formula is C12H17ClN4O3. The SMILES string of the molecule is CC(Nc1cnn(CCO)c(=O)c1Cl)C(=O)NC1CC1. The number of hydrogen-bond acceptors (Lipinski definition) is 5. The van der Waals surface area contributed by atoms with Crippen molar-refractivity contribution in [1.82, 2.24) is 15.1 Å². The molecule has 0 bridgehead atoms. The predicted octanol–water partition coefficient (Wildman–Crippen LogP) is -0.0320. The van der Waals surface area contributed by atoms with Crippen LogP contribution in [0.4, 0.5) is 5.69 Å². The Labute approximate surface area is 120 Å². The van der Waals surface area contributed by atoms with Crippen molar-refractivity contribution in [2.45, 2.75) is 38.4 Å². The quantitative estimate of drug-likeness (QED) is 0.685. The van der Waals surface area contributed by atoms with Gasteiger partial charge < -0.3 is 15.7 Å². The van der Waals surface area contributed by atoms with Crippen molar-refractivity contribution < 1.29 is 9.90 Å². The van der Waals surface area contributed by atoms with Crippen LogP contribution in [0.2, 0.25) is 5.02 Å². The Balaban J connectivity index is 2.06. The summed E-state index contributed by atoms with van der Waals surface area (Å²) in [6.45, 7) is 1.57. The molecule has 3 N–H and O–H groups in total. The first-order valence-corrected chi connectivity index (χ1v) is 6.84. The van der Waals surface area contributed by atoms with Crippen molar-refractivity contribution in [2.24, 2.45) is 0 Å². The Morgan fingerprint density at radius 1 is 1.65 bits per heavy atom. The first-order valence-electron chi connectivity index (χ1n) is 6.46. The van der Waals surface area contributed by atoms with Crippen molar-refractivity contribution in [3.63, 3.8) is 0 Å². The number of amides is 1. The number of aromatic nitrogens is 2. The largest absolute Gasteiger partial charge is 0.394 e. The lowest BCUT2D eigenvalue weighted by Gasteiger charge is -2.16. The lowest BCUT2D eigenvalue weighted by atomic mass is 10.3. The van der Waals surface area contributed by atoms with E-state index in [0.29, 0.717) is 5.69 Å². The van der Waals surface area contributed by atoms with E-state index in [9.17, 15) is 9.59 Å². The molecule has 110 valence electrons. The van der Waals surface area contributed by atoms with Crippen LogP contribution in [0, 0.1) is 0 Å². The average Bonchev–Trinajstić information content (AvgIpc) is 3.22. The molecule has 1 aliphatic carbocycles. The summed E-state index contributed by atoms with van der Waals surface area (Å²) in [7, 11) is 0. The number of aliphatic hydroxyl groups excluding tert-OH is 1. The van der Waals surface area contributed by atoms with Crippen LogP contribution in [0.1, 0.15) is 19.8 Å². The summed E-state index contributed by atoms with van der Waals surface area (Å²) < 4.78 is 1.07. The van der Waals surface area contributed by atoms with Gasteiger partial charge in [0.25, 0.3) is 5.56 Å². The predicted molar refractivity (Wildman–Crippen MR) is 74.8 cm³/mol. The molecule has 7 nitrogen and oxygen atoms in total. The van der Waals surface area contributed by atoms with Crippen molar-refractivity contribution in [1.29, 1.82) is 0 Å². The van der Waals surface area contributed by atoms with Gasteiger partial charge in [-0.1, -0.05) is 11.6 Å². The summed E-state index contributed by atoms with van der Waals surface area (Å²) in [6.07, 6.45) is 3.40. The molecule has 0 aliphatic heterocycles. The number of carbonyl (C=O) groups excluding carboxylic acids is 1. The molecule has 1 aliphatic rings. The Kier molecular flexibility index (Phi) is 4.61. The maximum absolute atomic E-state index is 11.8.